The third-order valence-electron chi connectivity index (χ3n) is 6.66. The molecule has 1 aliphatic rings. The molecule has 1 aliphatic heterocycles. The second-order valence-electron chi connectivity index (χ2n) is 9.58. The molecule has 0 saturated carbocycles. The lowest BCUT2D eigenvalue weighted by molar-refractivity contribution is -0.279. The molecule has 1 saturated heterocycles. The fourth-order valence-electron chi connectivity index (χ4n) is 4.48. The first-order valence-corrected chi connectivity index (χ1v) is 13.2. The monoisotopic (exact) mass is 586 g/mol. The molecule has 10 heteroatoms. The number of ether oxygens (including phenoxy) is 5. The molecule has 5 nitrogen and oxygen atoms in total. The summed E-state index contributed by atoms with van der Waals surface area (Å²) in [5, 5.41) is 0. The average Bonchev–Trinajstić information content (AvgIpc) is 3.04. The van der Waals surface area contributed by atoms with Crippen molar-refractivity contribution in [2.24, 2.45) is 0 Å². The Kier molecular flexibility index (Phi) is 9.81. The second kappa shape index (κ2) is 13.9. The van der Waals surface area contributed by atoms with Crippen molar-refractivity contribution >= 4 is 0 Å². The summed E-state index contributed by atoms with van der Waals surface area (Å²) in [5.74, 6) is -12.3. The summed E-state index contributed by atoms with van der Waals surface area (Å²) >= 11 is 0. The maximum absolute atomic E-state index is 14.6. The van der Waals surface area contributed by atoms with E-state index in [1.54, 1.807) is 24.3 Å². The van der Waals surface area contributed by atoms with Gasteiger partial charge in [-0.3, -0.25) is 0 Å². The van der Waals surface area contributed by atoms with E-state index < -0.39 is 59.4 Å². The molecule has 0 bridgehead atoms. The summed E-state index contributed by atoms with van der Waals surface area (Å²) in [6.07, 6.45) is -4.50. The number of halogens is 5. The van der Waals surface area contributed by atoms with E-state index >= 15 is 0 Å². The standard InChI is InChI=1S/C32H27F5O5/c33-24-25(34)27(36)30(28(37)26(24)35)42-32-31(40-18-22-14-8-3-9-15-22)29(39-17-21-12-6-2-7-13-21)23(19-41-32)38-16-20-10-4-1-5-11-20/h1-15,23,29,31-32H,16-19H2/t23-,29+,31-,32-/m1/s1. The van der Waals surface area contributed by atoms with Gasteiger partial charge in [0.05, 0.1) is 26.4 Å². The van der Waals surface area contributed by atoms with Gasteiger partial charge in [0, 0.05) is 0 Å². The third kappa shape index (κ3) is 6.96. The summed E-state index contributed by atoms with van der Waals surface area (Å²) < 4.78 is 100. The molecular weight excluding hydrogens is 559 g/mol. The summed E-state index contributed by atoms with van der Waals surface area (Å²) in [7, 11) is 0. The van der Waals surface area contributed by atoms with Gasteiger partial charge >= 0.3 is 0 Å². The van der Waals surface area contributed by atoms with Crippen LogP contribution in [-0.4, -0.2) is 31.2 Å². The highest BCUT2D eigenvalue weighted by atomic mass is 19.2. The second-order valence-corrected chi connectivity index (χ2v) is 9.58. The third-order valence-corrected chi connectivity index (χ3v) is 6.66. The van der Waals surface area contributed by atoms with E-state index in [1.165, 1.54) is 0 Å². The van der Waals surface area contributed by atoms with E-state index in [2.05, 4.69) is 0 Å². The molecular formula is C32H27F5O5. The lowest BCUT2D eigenvalue weighted by atomic mass is 10.0. The van der Waals surface area contributed by atoms with Gasteiger partial charge in [0.2, 0.25) is 41.1 Å². The number of rotatable bonds is 11. The first-order chi connectivity index (χ1) is 20.4. The first-order valence-electron chi connectivity index (χ1n) is 13.2. The Morgan fingerprint density at radius 3 is 1.40 bits per heavy atom. The van der Waals surface area contributed by atoms with Crippen LogP contribution in [0.25, 0.3) is 0 Å². The normalized spacial score (nSPS) is 20.4. The summed E-state index contributed by atoms with van der Waals surface area (Å²) in [6, 6.07) is 27.6. The zero-order valence-electron chi connectivity index (χ0n) is 22.2. The van der Waals surface area contributed by atoms with Crippen LogP contribution in [0.2, 0.25) is 0 Å². The van der Waals surface area contributed by atoms with Crippen molar-refractivity contribution in [2.45, 2.75) is 44.4 Å². The van der Waals surface area contributed by atoms with Crippen molar-refractivity contribution in [3.8, 4) is 5.75 Å². The minimum atomic E-state index is -2.29. The van der Waals surface area contributed by atoms with E-state index in [1.807, 2.05) is 66.7 Å². The van der Waals surface area contributed by atoms with E-state index in [9.17, 15) is 22.0 Å². The van der Waals surface area contributed by atoms with Crippen LogP contribution in [0.15, 0.2) is 91.0 Å². The Labute approximate surface area is 239 Å². The Bertz CT molecular complexity index is 1410. The molecule has 0 amide bonds. The summed E-state index contributed by atoms with van der Waals surface area (Å²) in [4.78, 5) is 0. The SMILES string of the molecule is Fc1c(F)c(F)c(O[C@H]2OC[C@@H](OCc3ccccc3)[C@H](OCc3ccccc3)[C@H]2OCc2ccccc2)c(F)c1F. The van der Waals surface area contributed by atoms with Crippen LogP contribution in [0.1, 0.15) is 16.7 Å². The zero-order valence-corrected chi connectivity index (χ0v) is 22.2. The molecule has 0 radical (unpaired) electrons. The summed E-state index contributed by atoms with van der Waals surface area (Å²) in [5.41, 5.74) is 2.45. The Balaban J connectivity index is 1.45. The van der Waals surface area contributed by atoms with Crippen molar-refractivity contribution in [1.82, 2.24) is 0 Å². The lowest BCUT2D eigenvalue weighted by Gasteiger charge is -2.41. The molecule has 1 fully saturated rings. The van der Waals surface area contributed by atoms with Crippen molar-refractivity contribution in [1.29, 1.82) is 0 Å². The van der Waals surface area contributed by atoms with Crippen molar-refractivity contribution < 1.29 is 45.6 Å². The predicted molar refractivity (Wildman–Crippen MR) is 142 cm³/mol. The fraction of sp³-hybridized carbons (Fsp3) is 0.250. The van der Waals surface area contributed by atoms with E-state index in [0.717, 1.165) is 16.7 Å². The van der Waals surface area contributed by atoms with Gasteiger partial charge in [0.15, 0.2) is 0 Å². The molecule has 5 rings (SSSR count). The van der Waals surface area contributed by atoms with Gasteiger partial charge in [-0.25, -0.2) is 13.2 Å². The molecule has 0 spiro atoms. The molecule has 4 atom stereocenters. The Morgan fingerprint density at radius 2 is 0.929 bits per heavy atom. The molecule has 0 aliphatic carbocycles. The van der Waals surface area contributed by atoms with Crippen molar-refractivity contribution in [2.75, 3.05) is 6.61 Å². The number of hydrogen-bond donors (Lipinski definition) is 0. The van der Waals surface area contributed by atoms with Crippen LogP contribution < -0.4 is 4.74 Å². The van der Waals surface area contributed by atoms with Gasteiger partial charge in [-0.05, 0) is 16.7 Å². The predicted octanol–water partition coefficient (Wildman–Crippen LogP) is 6.87. The molecule has 0 aromatic heterocycles. The van der Waals surface area contributed by atoms with Gasteiger partial charge in [-0.2, -0.15) is 8.78 Å². The van der Waals surface area contributed by atoms with Gasteiger partial charge in [-0.1, -0.05) is 91.0 Å². The van der Waals surface area contributed by atoms with Crippen LogP contribution in [0.4, 0.5) is 22.0 Å². The van der Waals surface area contributed by atoms with Crippen molar-refractivity contribution in [3.05, 3.63) is 137 Å². The highest BCUT2D eigenvalue weighted by Gasteiger charge is 2.45. The largest absolute Gasteiger partial charge is 0.456 e. The quantitative estimate of drug-likeness (QED) is 0.109. The summed E-state index contributed by atoms with van der Waals surface area (Å²) in [6.45, 7) is 0.117. The van der Waals surface area contributed by atoms with E-state index in [4.69, 9.17) is 23.7 Å². The molecule has 220 valence electrons. The van der Waals surface area contributed by atoms with Gasteiger partial charge in [-0.15, -0.1) is 0 Å². The van der Waals surface area contributed by atoms with Crippen LogP contribution in [0.3, 0.4) is 0 Å². The Morgan fingerprint density at radius 1 is 0.524 bits per heavy atom. The zero-order chi connectivity index (χ0) is 29.5. The minimum absolute atomic E-state index is 0.00241. The fourth-order valence-corrected chi connectivity index (χ4v) is 4.48. The van der Waals surface area contributed by atoms with Crippen molar-refractivity contribution in [3.63, 3.8) is 0 Å². The average molecular weight is 587 g/mol. The number of hydrogen-bond acceptors (Lipinski definition) is 5. The molecule has 4 aromatic carbocycles. The van der Waals surface area contributed by atoms with Crippen LogP contribution in [0.5, 0.6) is 5.75 Å². The molecule has 0 N–H and O–H groups in total. The molecule has 1 heterocycles. The molecule has 0 unspecified atom stereocenters. The number of benzene rings is 4. The maximum Gasteiger partial charge on any atom is 0.229 e. The van der Waals surface area contributed by atoms with E-state index in [0.29, 0.717) is 0 Å². The molecule has 4 aromatic rings. The van der Waals surface area contributed by atoms with Crippen LogP contribution in [-0.2, 0) is 38.8 Å². The van der Waals surface area contributed by atoms with E-state index in [-0.39, 0.29) is 26.4 Å². The lowest BCUT2D eigenvalue weighted by Crippen LogP contribution is -2.57. The maximum atomic E-state index is 14.6. The topological polar surface area (TPSA) is 46.2 Å². The van der Waals surface area contributed by atoms with Gasteiger partial charge in [0.25, 0.3) is 0 Å². The van der Waals surface area contributed by atoms with Crippen LogP contribution >= 0.6 is 0 Å². The minimum Gasteiger partial charge on any atom is -0.456 e. The van der Waals surface area contributed by atoms with Crippen LogP contribution in [0, 0.1) is 29.1 Å². The highest BCUT2D eigenvalue weighted by molar-refractivity contribution is 5.30. The van der Waals surface area contributed by atoms with Gasteiger partial charge < -0.3 is 23.7 Å². The Hall–Kier alpha value is -3.83. The first kappa shape index (κ1) is 29.7. The van der Waals surface area contributed by atoms with Gasteiger partial charge in [0.1, 0.15) is 18.3 Å². The smallest absolute Gasteiger partial charge is 0.229 e. The highest BCUT2D eigenvalue weighted by Crippen LogP contribution is 2.33. The molecule has 42 heavy (non-hydrogen) atoms.